The van der Waals surface area contributed by atoms with Crippen molar-refractivity contribution < 1.29 is 4.79 Å². The summed E-state index contributed by atoms with van der Waals surface area (Å²) in [5.41, 5.74) is 4.29. The number of hydrogen-bond acceptors (Lipinski definition) is 6. The number of urea groups is 1. The third-order valence-corrected chi connectivity index (χ3v) is 5.39. The van der Waals surface area contributed by atoms with Crippen LogP contribution in [-0.2, 0) is 5.75 Å². The number of hydrogen-bond donors (Lipinski definition) is 4. The molecule has 4 N–H and O–H groups in total. The first kappa shape index (κ1) is 23.6. The van der Waals surface area contributed by atoms with Crippen molar-refractivity contribution >= 4 is 47.0 Å². The normalized spacial score (nSPS) is 11.3. The van der Waals surface area contributed by atoms with Crippen LogP contribution in [0.25, 0.3) is 0 Å². The number of carbonyl (C=O) groups excluding carboxylic acids is 1. The molecule has 9 nitrogen and oxygen atoms in total. The minimum Gasteiger partial charge on any atom is -0.348 e. The van der Waals surface area contributed by atoms with Crippen molar-refractivity contribution in [3.63, 3.8) is 0 Å². The number of nitrogens with zero attached hydrogens (tertiary/aromatic N) is 4. The van der Waals surface area contributed by atoms with Gasteiger partial charge in [-0.25, -0.2) is 19.7 Å². The van der Waals surface area contributed by atoms with Crippen molar-refractivity contribution in [1.29, 1.82) is 0 Å². The summed E-state index contributed by atoms with van der Waals surface area (Å²) in [7, 11) is 0. The largest absolute Gasteiger partial charge is 0.348 e. The highest BCUT2D eigenvalue weighted by Crippen LogP contribution is 2.15. The molecule has 0 radical (unpaired) electrons. The Kier molecular flexibility index (Phi) is 8.46. The third kappa shape index (κ3) is 7.54. The Hall–Kier alpha value is -3.11. The van der Waals surface area contributed by atoms with E-state index in [4.69, 9.17) is 11.6 Å². The number of benzene rings is 1. The highest BCUT2D eigenvalue weighted by Gasteiger charge is 2.10. The number of nitrogens with one attached hydrogen (secondary N) is 4. The van der Waals surface area contributed by atoms with Gasteiger partial charge in [0.05, 0.1) is 18.6 Å². The van der Waals surface area contributed by atoms with Crippen LogP contribution in [0.4, 0.5) is 16.4 Å². The van der Waals surface area contributed by atoms with Gasteiger partial charge in [-0.2, -0.15) is 11.8 Å². The highest BCUT2D eigenvalue weighted by molar-refractivity contribution is 7.98. The molecule has 0 atom stereocenters. The maximum atomic E-state index is 12.5. The smallest absolute Gasteiger partial charge is 0.326 e. The summed E-state index contributed by atoms with van der Waals surface area (Å²) in [6, 6.07) is 8.31. The second-order valence-electron chi connectivity index (χ2n) is 6.95. The zero-order valence-electron chi connectivity index (χ0n) is 18.1. The van der Waals surface area contributed by atoms with Gasteiger partial charge in [-0.3, -0.25) is 15.6 Å². The first-order valence-corrected chi connectivity index (χ1v) is 11.5. The molecule has 168 valence electrons. The fourth-order valence-electron chi connectivity index (χ4n) is 2.76. The molecule has 0 spiro atoms. The predicted octanol–water partition coefficient (Wildman–Crippen LogP) is 4.30. The summed E-state index contributed by atoms with van der Waals surface area (Å²) in [5.74, 6) is 2.16. The maximum Gasteiger partial charge on any atom is 0.326 e. The molecule has 0 aliphatic rings. The van der Waals surface area contributed by atoms with Crippen molar-refractivity contribution in [2.75, 3.05) is 22.9 Å². The van der Waals surface area contributed by atoms with E-state index in [1.165, 1.54) is 0 Å². The Balaban J connectivity index is 1.63. The number of carbonyl (C=O) groups is 1. The molecule has 0 saturated carbocycles. The van der Waals surface area contributed by atoms with E-state index in [1.54, 1.807) is 42.4 Å². The summed E-state index contributed by atoms with van der Waals surface area (Å²) in [5, 5.41) is 9.00. The van der Waals surface area contributed by atoms with Crippen molar-refractivity contribution in [1.82, 2.24) is 25.3 Å². The van der Waals surface area contributed by atoms with E-state index in [-0.39, 0.29) is 5.96 Å². The predicted molar refractivity (Wildman–Crippen MR) is 131 cm³/mol. The van der Waals surface area contributed by atoms with Crippen molar-refractivity contribution in [3.05, 3.63) is 64.5 Å². The number of aliphatic imine (C=N–C) groups is 1. The average Bonchev–Trinajstić information content (AvgIpc) is 3.11. The van der Waals surface area contributed by atoms with E-state index in [0.717, 1.165) is 34.3 Å². The van der Waals surface area contributed by atoms with E-state index < -0.39 is 6.03 Å². The van der Waals surface area contributed by atoms with Gasteiger partial charge >= 0.3 is 6.03 Å². The number of aryl methyl sites for hydroxylation is 3. The molecule has 0 bridgehead atoms. The lowest BCUT2D eigenvalue weighted by atomic mass is 10.3. The molecule has 1 aromatic carbocycles. The number of thioether (sulfide) groups is 1. The Bertz CT molecular complexity index is 1080. The fraction of sp³-hybridized carbons (Fsp3) is 0.286. The molecule has 2 aromatic heterocycles. The number of halogens is 1. The molecule has 3 aromatic rings. The first-order valence-electron chi connectivity index (χ1n) is 9.93. The second kappa shape index (κ2) is 11.5. The van der Waals surface area contributed by atoms with Crippen molar-refractivity contribution in [2.24, 2.45) is 4.99 Å². The Morgan fingerprint density at radius 3 is 2.62 bits per heavy atom. The number of anilines is 2. The number of guanidine groups is 1. The van der Waals surface area contributed by atoms with Gasteiger partial charge in [0, 0.05) is 39.3 Å². The van der Waals surface area contributed by atoms with Crippen LogP contribution in [0.3, 0.4) is 0 Å². The van der Waals surface area contributed by atoms with E-state index in [2.05, 4.69) is 40.9 Å². The molecule has 2 amide bonds. The van der Waals surface area contributed by atoms with Crippen molar-refractivity contribution in [3.8, 4) is 0 Å². The number of rotatable bonds is 7. The van der Waals surface area contributed by atoms with Crippen LogP contribution in [0.1, 0.15) is 22.8 Å². The molecule has 0 fully saturated rings. The molecule has 2 heterocycles. The molecule has 0 aliphatic carbocycles. The number of aromatic amines is 1. The maximum absolute atomic E-state index is 12.5. The standard InChI is InChI=1S/C21H25ClN8OS/c1-13-9-14(2)27-20(26-13)29-19(23-7-8-32-11-18-15(3)24-12-25-18)30-21(31)28-17-6-4-5-16(22)10-17/h4-6,9-10,12H,7-8,11H2,1-3H3,(H,24,25)(H3,23,26,27,28,29,30,31). The van der Waals surface area contributed by atoms with E-state index in [1.807, 2.05) is 26.8 Å². The number of amides is 2. The zero-order valence-corrected chi connectivity index (χ0v) is 19.6. The quantitative estimate of drug-likeness (QED) is 0.231. The average molecular weight is 473 g/mol. The minimum absolute atomic E-state index is 0.256. The Morgan fingerprint density at radius 2 is 1.94 bits per heavy atom. The van der Waals surface area contributed by atoms with Gasteiger partial charge in [0.1, 0.15) is 0 Å². The SMILES string of the molecule is Cc1cc(C)nc(NC(=NCCSCc2nc[nH]c2C)NC(=O)Nc2cccc(Cl)c2)n1. The zero-order chi connectivity index (χ0) is 22.9. The van der Waals surface area contributed by atoms with Gasteiger partial charge < -0.3 is 10.3 Å². The van der Waals surface area contributed by atoms with Crippen LogP contribution in [0.2, 0.25) is 5.02 Å². The number of imidazole rings is 1. The molecule has 11 heteroatoms. The van der Waals surface area contributed by atoms with Crippen LogP contribution >= 0.6 is 23.4 Å². The molecule has 0 saturated heterocycles. The fourth-order valence-corrected chi connectivity index (χ4v) is 3.80. The van der Waals surface area contributed by atoms with Gasteiger partial charge in [0.25, 0.3) is 0 Å². The molecule has 32 heavy (non-hydrogen) atoms. The minimum atomic E-state index is -0.456. The van der Waals surface area contributed by atoms with Gasteiger partial charge in [-0.1, -0.05) is 17.7 Å². The summed E-state index contributed by atoms with van der Waals surface area (Å²) >= 11 is 7.69. The molecular formula is C21H25ClN8OS. The van der Waals surface area contributed by atoms with Gasteiger partial charge in [-0.05, 0) is 45.0 Å². The topological polar surface area (TPSA) is 120 Å². The van der Waals surface area contributed by atoms with Crippen LogP contribution in [-0.4, -0.2) is 44.2 Å². The number of aromatic nitrogens is 4. The van der Waals surface area contributed by atoms with Crippen LogP contribution in [0, 0.1) is 20.8 Å². The highest BCUT2D eigenvalue weighted by atomic mass is 35.5. The molecule has 0 unspecified atom stereocenters. The lowest BCUT2D eigenvalue weighted by molar-refractivity contribution is 0.256. The second-order valence-corrected chi connectivity index (χ2v) is 8.49. The first-order chi connectivity index (χ1) is 15.4. The van der Waals surface area contributed by atoms with E-state index in [9.17, 15) is 4.79 Å². The summed E-state index contributed by atoms with van der Waals surface area (Å²) in [6.45, 7) is 6.24. The summed E-state index contributed by atoms with van der Waals surface area (Å²) < 4.78 is 0. The Morgan fingerprint density at radius 1 is 1.16 bits per heavy atom. The van der Waals surface area contributed by atoms with Crippen LogP contribution in [0.15, 0.2) is 41.7 Å². The molecule has 0 aliphatic heterocycles. The van der Waals surface area contributed by atoms with Gasteiger partial charge in [-0.15, -0.1) is 0 Å². The van der Waals surface area contributed by atoms with E-state index in [0.29, 0.717) is 23.2 Å². The third-order valence-electron chi connectivity index (χ3n) is 4.21. The summed E-state index contributed by atoms with van der Waals surface area (Å²) in [4.78, 5) is 33.1. The van der Waals surface area contributed by atoms with Crippen molar-refractivity contribution in [2.45, 2.75) is 26.5 Å². The molecular weight excluding hydrogens is 448 g/mol. The van der Waals surface area contributed by atoms with Crippen LogP contribution in [0.5, 0.6) is 0 Å². The van der Waals surface area contributed by atoms with Gasteiger partial charge in [0.15, 0.2) is 0 Å². The Labute approximate surface area is 195 Å². The lowest BCUT2D eigenvalue weighted by Gasteiger charge is -2.12. The summed E-state index contributed by atoms with van der Waals surface area (Å²) in [6.07, 6.45) is 1.69. The lowest BCUT2D eigenvalue weighted by Crippen LogP contribution is -2.39. The molecule has 3 rings (SSSR count). The van der Waals surface area contributed by atoms with Crippen LogP contribution < -0.4 is 16.0 Å². The van der Waals surface area contributed by atoms with Gasteiger partial charge in [0.2, 0.25) is 11.9 Å². The monoisotopic (exact) mass is 472 g/mol. The van der Waals surface area contributed by atoms with E-state index >= 15 is 0 Å². The number of H-pyrrole nitrogens is 1.